The Hall–Kier alpha value is -1.20. The molecule has 0 radical (unpaired) electrons. The average Bonchev–Trinajstić information content (AvgIpc) is 2.20. The van der Waals surface area contributed by atoms with Crippen molar-refractivity contribution in [2.75, 3.05) is 12.3 Å². The summed E-state index contributed by atoms with van der Waals surface area (Å²) in [5, 5.41) is 18.0. The van der Waals surface area contributed by atoms with E-state index in [2.05, 4.69) is 0 Å². The van der Waals surface area contributed by atoms with Gasteiger partial charge in [-0.05, 0) is 24.6 Å². The number of thioether (sulfide) groups is 1. The largest absolute Gasteiger partial charge is 0.478 e. The molecule has 4 N–H and O–H groups in total. The maximum Gasteiger partial charge on any atom is 0.336 e. The molecule has 1 aromatic rings. The minimum atomic E-state index is -0.981. The maximum absolute atomic E-state index is 11.0. The Bertz CT molecular complexity index is 381. The smallest absolute Gasteiger partial charge is 0.336 e. The van der Waals surface area contributed by atoms with Gasteiger partial charge in [0.2, 0.25) is 0 Å². The van der Waals surface area contributed by atoms with E-state index in [9.17, 15) is 4.79 Å². The van der Waals surface area contributed by atoms with Crippen molar-refractivity contribution in [1.29, 1.82) is 0 Å². The first kappa shape index (κ1) is 12.9. The Labute approximate surface area is 98.5 Å². The summed E-state index contributed by atoms with van der Waals surface area (Å²) in [6, 6.07) is 4.84. The monoisotopic (exact) mass is 241 g/mol. The summed E-state index contributed by atoms with van der Waals surface area (Å²) < 4.78 is 0. The molecule has 0 aliphatic rings. The third kappa shape index (κ3) is 3.43. The number of carboxylic acids is 1. The van der Waals surface area contributed by atoms with E-state index in [-0.39, 0.29) is 17.4 Å². The summed E-state index contributed by atoms with van der Waals surface area (Å²) >= 11 is 1.44. The highest BCUT2D eigenvalue weighted by atomic mass is 32.2. The van der Waals surface area contributed by atoms with Crippen LogP contribution in [0.5, 0.6) is 0 Å². The van der Waals surface area contributed by atoms with Crippen LogP contribution in [0.4, 0.5) is 5.69 Å². The van der Waals surface area contributed by atoms with Crippen LogP contribution >= 0.6 is 11.8 Å². The number of aromatic carboxylic acids is 1. The van der Waals surface area contributed by atoms with Crippen LogP contribution in [0.25, 0.3) is 0 Å². The summed E-state index contributed by atoms with van der Waals surface area (Å²) in [5.74, 6) is -0.981. The maximum atomic E-state index is 11.0. The summed E-state index contributed by atoms with van der Waals surface area (Å²) in [4.78, 5) is 11.7. The van der Waals surface area contributed by atoms with E-state index in [0.717, 1.165) is 0 Å². The number of nitrogen functional groups attached to an aromatic ring is 1. The van der Waals surface area contributed by atoms with E-state index in [1.807, 2.05) is 6.92 Å². The van der Waals surface area contributed by atoms with Gasteiger partial charge in [-0.15, -0.1) is 11.8 Å². The Morgan fingerprint density at radius 1 is 1.56 bits per heavy atom. The Morgan fingerprint density at radius 3 is 2.81 bits per heavy atom. The van der Waals surface area contributed by atoms with Crippen LogP contribution in [0.2, 0.25) is 0 Å². The Kier molecular flexibility index (Phi) is 4.64. The topological polar surface area (TPSA) is 83.5 Å². The number of nitrogens with two attached hydrogens (primary N) is 1. The number of anilines is 1. The summed E-state index contributed by atoms with van der Waals surface area (Å²) in [6.45, 7) is 2.05. The second kappa shape index (κ2) is 5.77. The predicted octanol–water partition coefficient (Wildman–Crippen LogP) is 1.83. The van der Waals surface area contributed by atoms with Gasteiger partial charge in [0, 0.05) is 22.4 Å². The highest BCUT2D eigenvalue weighted by molar-refractivity contribution is 8.00. The van der Waals surface area contributed by atoms with Gasteiger partial charge in [-0.3, -0.25) is 0 Å². The quantitative estimate of drug-likeness (QED) is 0.541. The van der Waals surface area contributed by atoms with Gasteiger partial charge in [0.15, 0.2) is 0 Å². The molecule has 0 amide bonds. The minimum Gasteiger partial charge on any atom is -0.478 e. The first-order chi connectivity index (χ1) is 7.54. The van der Waals surface area contributed by atoms with Crippen molar-refractivity contribution in [3.63, 3.8) is 0 Å². The van der Waals surface area contributed by atoms with E-state index < -0.39 is 5.97 Å². The molecule has 4 nitrogen and oxygen atoms in total. The second-order valence-electron chi connectivity index (χ2n) is 3.50. The molecule has 5 heteroatoms. The second-order valence-corrected chi connectivity index (χ2v) is 4.98. The van der Waals surface area contributed by atoms with Crippen molar-refractivity contribution in [2.24, 2.45) is 0 Å². The molecule has 1 rings (SSSR count). The summed E-state index contributed by atoms with van der Waals surface area (Å²) in [5.41, 5.74) is 6.20. The van der Waals surface area contributed by atoms with Crippen molar-refractivity contribution in [2.45, 2.75) is 23.5 Å². The van der Waals surface area contributed by atoms with E-state index in [1.165, 1.54) is 17.8 Å². The van der Waals surface area contributed by atoms with E-state index in [1.54, 1.807) is 12.1 Å². The zero-order valence-electron chi connectivity index (χ0n) is 9.01. The fourth-order valence-corrected chi connectivity index (χ4v) is 2.35. The number of aliphatic hydroxyl groups is 1. The van der Waals surface area contributed by atoms with Crippen LogP contribution in [0.1, 0.15) is 23.7 Å². The molecular formula is C11H15NO3S. The van der Waals surface area contributed by atoms with Crippen LogP contribution in [0, 0.1) is 0 Å². The molecule has 1 unspecified atom stereocenters. The van der Waals surface area contributed by atoms with Crippen molar-refractivity contribution in [3.05, 3.63) is 23.8 Å². The highest BCUT2D eigenvalue weighted by Crippen LogP contribution is 2.29. The molecule has 0 fully saturated rings. The lowest BCUT2D eigenvalue weighted by atomic mass is 10.2. The van der Waals surface area contributed by atoms with Gasteiger partial charge in [-0.2, -0.15) is 0 Å². The molecule has 16 heavy (non-hydrogen) atoms. The standard InChI is InChI=1S/C11H15NO3S/c1-7(4-5-13)16-10-3-2-8(12)6-9(10)11(14)15/h2-3,6-7,13H,4-5,12H2,1H3,(H,14,15). The predicted molar refractivity (Wildman–Crippen MR) is 64.8 cm³/mol. The molecule has 0 spiro atoms. The van der Waals surface area contributed by atoms with Crippen LogP contribution < -0.4 is 5.73 Å². The molecule has 0 saturated heterocycles. The molecule has 88 valence electrons. The van der Waals surface area contributed by atoms with Gasteiger partial charge in [0.1, 0.15) is 0 Å². The SMILES string of the molecule is CC(CCO)Sc1ccc(N)cc1C(=O)O. The van der Waals surface area contributed by atoms with Crippen molar-refractivity contribution < 1.29 is 15.0 Å². The Balaban J connectivity index is 2.90. The average molecular weight is 241 g/mol. The number of hydrogen-bond acceptors (Lipinski definition) is 4. The zero-order valence-corrected chi connectivity index (χ0v) is 9.83. The third-order valence-electron chi connectivity index (χ3n) is 2.10. The van der Waals surface area contributed by atoms with Gasteiger partial charge in [-0.25, -0.2) is 4.79 Å². The molecule has 0 bridgehead atoms. The van der Waals surface area contributed by atoms with Crippen LogP contribution in [0.15, 0.2) is 23.1 Å². The molecule has 1 atom stereocenters. The lowest BCUT2D eigenvalue weighted by Crippen LogP contribution is -2.04. The number of rotatable bonds is 5. The van der Waals surface area contributed by atoms with Crippen molar-refractivity contribution >= 4 is 23.4 Å². The Morgan fingerprint density at radius 2 is 2.25 bits per heavy atom. The van der Waals surface area contributed by atoms with Crippen LogP contribution in [-0.4, -0.2) is 28.0 Å². The summed E-state index contributed by atoms with van der Waals surface area (Å²) in [7, 11) is 0. The minimum absolute atomic E-state index is 0.103. The van der Waals surface area contributed by atoms with Crippen LogP contribution in [-0.2, 0) is 0 Å². The zero-order chi connectivity index (χ0) is 12.1. The van der Waals surface area contributed by atoms with Gasteiger partial charge >= 0.3 is 5.97 Å². The molecular weight excluding hydrogens is 226 g/mol. The fraction of sp³-hybridized carbons (Fsp3) is 0.364. The molecule has 0 saturated carbocycles. The number of benzene rings is 1. The highest BCUT2D eigenvalue weighted by Gasteiger charge is 2.13. The van der Waals surface area contributed by atoms with E-state index in [0.29, 0.717) is 17.0 Å². The fourth-order valence-electron chi connectivity index (χ4n) is 1.27. The number of hydrogen-bond donors (Lipinski definition) is 3. The van der Waals surface area contributed by atoms with Crippen molar-refractivity contribution in [3.8, 4) is 0 Å². The van der Waals surface area contributed by atoms with E-state index >= 15 is 0 Å². The lowest BCUT2D eigenvalue weighted by Gasteiger charge is -2.11. The third-order valence-corrected chi connectivity index (χ3v) is 3.35. The molecule has 1 aromatic carbocycles. The first-order valence-electron chi connectivity index (χ1n) is 4.95. The first-order valence-corrected chi connectivity index (χ1v) is 5.83. The molecule has 0 aliphatic carbocycles. The molecule has 0 aromatic heterocycles. The van der Waals surface area contributed by atoms with Gasteiger partial charge in [0.05, 0.1) is 5.56 Å². The van der Waals surface area contributed by atoms with Crippen LogP contribution in [0.3, 0.4) is 0 Å². The lowest BCUT2D eigenvalue weighted by molar-refractivity contribution is 0.0693. The summed E-state index contributed by atoms with van der Waals surface area (Å²) in [6.07, 6.45) is 0.633. The van der Waals surface area contributed by atoms with Gasteiger partial charge in [-0.1, -0.05) is 6.92 Å². The molecule has 0 aliphatic heterocycles. The molecule has 0 heterocycles. The van der Waals surface area contributed by atoms with Gasteiger partial charge < -0.3 is 15.9 Å². The number of carboxylic acid groups (broad SMARTS) is 1. The number of carbonyl (C=O) groups is 1. The number of aliphatic hydroxyl groups excluding tert-OH is 1. The van der Waals surface area contributed by atoms with Gasteiger partial charge in [0.25, 0.3) is 0 Å². The van der Waals surface area contributed by atoms with Crippen molar-refractivity contribution in [1.82, 2.24) is 0 Å². The normalized spacial score (nSPS) is 12.4. The van der Waals surface area contributed by atoms with E-state index in [4.69, 9.17) is 15.9 Å².